The molecule has 0 aliphatic heterocycles. The number of hydrogen-bond acceptors (Lipinski definition) is 5. The van der Waals surface area contributed by atoms with Crippen molar-refractivity contribution < 1.29 is 9.18 Å². The van der Waals surface area contributed by atoms with Crippen molar-refractivity contribution in [2.75, 3.05) is 10.6 Å². The van der Waals surface area contributed by atoms with Gasteiger partial charge in [0.25, 0.3) is 5.91 Å². The molecule has 0 bridgehead atoms. The van der Waals surface area contributed by atoms with E-state index in [1.165, 1.54) is 23.5 Å². The molecule has 2 aromatic carbocycles. The van der Waals surface area contributed by atoms with Crippen molar-refractivity contribution in [3.63, 3.8) is 0 Å². The molecule has 1 unspecified atom stereocenters. The summed E-state index contributed by atoms with van der Waals surface area (Å²) >= 11 is 1.54. The van der Waals surface area contributed by atoms with Crippen LogP contribution in [0.25, 0.3) is 0 Å². The van der Waals surface area contributed by atoms with Crippen LogP contribution >= 0.6 is 11.3 Å². The van der Waals surface area contributed by atoms with E-state index >= 15 is 0 Å². The van der Waals surface area contributed by atoms with Gasteiger partial charge in [-0.15, -0.1) is 11.3 Å². The molecule has 2 N–H and O–H groups in total. The van der Waals surface area contributed by atoms with Gasteiger partial charge in [-0.25, -0.2) is 14.4 Å². The third kappa shape index (κ3) is 5.43. The van der Waals surface area contributed by atoms with Crippen molar-refractivity contribution >= 4 is 28.2 Å². The molecule has 0 aliphatic rings. The highest BCUT2D eigenvalue weighted by atomic mass is 32.1. The lowest BCUT2D eigenvalue weighted by Crippen LogP contribution is -2.18. The minimum absolute atomic E-state index is 0.179. The van der Waals surface area contributed by atoms with Crippen molar-refractivity contribution in [3.8, 4) is 0 Å². The molecule has 0 saturated carbocycles. The number of halogens is 1. The number of aryl methyl sites for hydroxylation is 3. The molecular weight excluding hydrogens is 435 g/mol. The molecule has 0 spiro atoms. The van der Waals surface area contributed by atoms with Crippen LogP contribution in [-0.4, -0.2) is 15.9 Å². The number of carbonyl (C=O) groups excluding carboxylic acids is 1. The van der Waals surface area contributed by atoms with Crippen LogP contribution in [0.1, 0.15) is 50.7 Å². The number of amides is 1. The number of anilines is 2. The van der Waals surface area contributed by atoms with Crippen LogP contribution in [0.15, 0.2) is 66.7 Å². The van der Waals surface area contributed by atoms with E-state index in [0.29, 0.717) is 11.5 Å². The maximum atomic E-state index is 13.7. The lowest BCUT2D eigenvalue weighted by atomic mass is 9.99. The number of rotatable bonds is 7. The first-order valence-electron chi connectivity index (χ1n) is 10.8. The highest BCUT2D eigenvalue weighted by Crippen LogP contribution is 2.38. The van der Waals surface area contributed by atoms with E-state index in [4.69, 9.17) is 0 Å². The van der Waals surface area contributed by atoms with Crippen molar-refractivity contribution in [3.05, 3.63) is 106 Å². The summed E-state index contributed by atoms with van der Waals surface area (Å²) in [5.41, 5.74) is 4.00. The first-order chi connectivity index (χ1) is 15.9. The predicted octanol–water partition coefficient (Wildman–Crippen LogP) is 6.31. The SMILES string of the molecule is CCc1cc(C(Nc2nc(C)cc(C)n2)c2ccc(F)cc2)c(NC(=O)c2ccccc2)s1. The highest BCUT2D eigenvalue weighted by molar-refractivity contribution is 7.16. The van der Waals surface area contributed by atoms with Crippen LogP contribution in [0.4, 0.5) is 15.3 Å². The Labute approximate surface area is 196 Å². The molecular formula is C26H25FN4OS. The van der Waals surface area contributed by atoms with Gasteiger partial charge >= 0.3 is 0 Å². The van der Waals surface area contributed by atoms with E-state index in [1.54, 1.807) is 24.3 Å². The van der Waals surface area contributed by atoms with Gasteiger partial charge in [0.05, 0.1) is 6.04 Å². The molecule has 168 valence electrons. The molecule has 0 saturated heterocycles. The number of nitrogens with zero attached hydrogens (tertiary/aromatic N) is 2. The van der Waals surface area contributed by atoms with E-state index in [-0.39, 0.29) is 17.8 Å². The Balaban J connectivity index is 1.76. The Morgan fingerprint density at radius 1 is 1.00 bits per heavy atom. The van der Waals surface area contributed by atoms with Crippen LogP contribution in [0.3, 0.4) is 0 Å². The fraction of sp³-hybridized carbons (Fsp3) is 0.192. The zero-order valence-electron chi connectivity index (χ0n) is 18.7. The molecule has 1 amide bonds. The molecule has 5 nitrogen and oxygen atoms in total. The van der Waals surface area contributed by atoms with E-state index in [2.05, 4.69) is 33.6 Å². The Morgan fingerprint density at radius 3 is 2.30 bits per heavy atom. The minimum Gasteiger partial charge on any atom is -0.343 e. The third-order valence-corrected chi connectivity index (χ3v) is 6.40. The quantitative estimate of drug-likeness (QED) is 0.339. The van der Waals surface area contributed by atoms with E-state index < -0.39 is 0 Å². The molecule has 0 aliphatic carbocycles. The summed E-state index contributed by atoms with van der Waals surface area (Å²) in [4.78, 5) is 23.1. The second-order valence-electron chi connectivity index (χ2n) is 7.77. The Kier molecular flexibility index (Phi) is 6.79. The topological polar surface area (TPSA) is 66.9 Å². The van der Waals surface area contributed by atoms with Crippen LogP contribution in [0, 0.1) is 19.7 Å². The van der Waals surface area contributed by atoms with Crippen LogP contribution in [0.2, 0.25) is 0 Å². The Hall–Kier alpha value is -3.58. The van der Waals surface area contributed by atoms with Gasteiger partial charge in [-0.05, 0) is 62.2 Å². The normalized spacial score (nSPS) is 11.8. The number of thiophene rings is 1. The lowest BCUT2D eigenvalue weighted by molar-refractivity contribution is 0.102. The third-order valence-electron chi connectivity index (χ3n) is 5.19. The predicted molar refractivity (Wildman–Crippen MR) is 131 cm³/mol. The fourth-order valence-electron chi connectivity index (χ4n) is 3.63. The summed E-state index contributed by atoms with van der Waals surface area (Å²) in [5, 5.41) is 7.23. The monoisotopic (exact) mass is 460 g/mol. The molecule has 4 rings (SSSR count). The van der Waals surface area contributed by atoms with Gasteiger partial charge in [-0.2, -0.15) is 0 Å². The van der Waals surface area contributed by atoms with Gasteiger partial charge < -0.3 is 10.6 Å². The average Bonchev–Trinajstić information content (AvgIpc) is 3.20. The maximum Gasteiger partial charge on any atom is 0.256 e. The maximum absolute atomic E-state index is 13.7. The first kappa shape index (κ1) is 22.6. The summed E-state index contributed by atoms with van der Waals surface area (Å²) in [6, 6.07) is 19.1. The smallest absolute Gasteiger partial charge is 0.256 e. The van der Waals surface area contributed by atoms with E-state index in [9.17, 15) is 9.18 Å². The molecule has 4 aromatic rings. The number of hydrogen-bond donors (Lipinski definition) is 2. The van der Waals surface area contributed by atoms with Crippen molar-refractivity contribution in [2.24, 2.45) is 0 Å². The first-order valence-corrected chi connectivity index (χ1v) is 11.6. The van der Waals surface area contributed by atoms with Crippen LogP contribution in [-0.2, 0) is 6.42 Å². The summed E-state index contributed by atoms with van der Waals surface area (Å²) in [7, 11) is 0. The minimum atomic E-state index is -0.380. The number of nitrogens with one attached hydrogen (secondary N) is 2. The molecule has 0 radical (unpaired) electrons. The van der Waals surface area contributed by atoms with E-state index in [0.717, 1.165) is 38.8 Å². The van der Waals surface area contributed by atoms with Gasteiger partial charge in [0.15, 0.2) is 0 Å². The summed E-state index contributed by atoms with van der Waals surface area (Å²) in [6.07, 6.45) is 0.828. The number of aromatic nitrogens is 2. The van der Waals surface area contributed by atoms with Crippen molar-refractivity contribution in [1.82, 2.24) is 9.97 Å². The van der Waals surface area contributed by atoms with Crippen molar-refractivity contribution in [2.45, 2.75) is 33.2 Å². The van der Waals surface area contributed by atoms with Gasteiger partial charge in [0, 0.05) is 27.4 Å². The summed E-state index contributed by atoms with van der Waals surface area (Å²) < 4.78 is 13.7. The summed E-state index contributed by atoms with van der Waals surface area (Å²) in [6.45, 7) is 5.90. The lowest BCUT2D eigenvalue weighted by Gasteiger charge is -2.21. The second-order valence-corrected chi connectivity index (χ2v) is 8.91. The molecule has 7 heteroatoms. The molecule has 2 heterocycles. The molecule has 1 atom stereocenters. The molecule has 2 aromatic heterocycles. The van der Waals surface area contributed by atoms with Gasteiger partial charge in [0.2, 0.25) is 5.95 Å². The van der Waals surface area contributed by atoms with Gasteiger partial charge in [-0.3, -0.25) is 4.79 Å². The zero-order valence-corrected chi connectivity index (χ0v) is 19.5. The van der Waals surface area contributed by atoms with Gasteiger partial charge in [0.1, 0.15) is 10.8 Å². The molecule has 0 fully saturated rings. The Bertz CT molecular complexity index is 1240. The molecule has 33 heavy (non-hydrogen) atoms. The van der Waals surface area contributed by atoms with Crippen LogP contribution < -0.4 is 10.6 Å². The second kappa shape index (κ2) is 9.92. The number of carbonyl (C=O) groups is 1. The van der Waals surface area contributed by atoms with Crippen LogP contribution in [0.5, 0.6) is 0 Å². The summed E-state index contributed by atoms with van der Waals surface area (Å²) in [5.74, 6) is -0.00871. The average molecular weight is 461 g/mol. The standard InChI is InChI=1S/C26H25FN4OS/c1-4-21-15-22(25(33-21)31-24(32)19-8-6-5-7-9-19)23(18-10-12-20(27)13-11-18)30-26-28-16(2)14-17(3)29-26/h5-15,23H,4H2,1-3H3,(H,31,32)(H,28,29,30). The number of benzene rings is 2. The van der Waals surface area contributed by atoms with E-state index in [1.807, 2.05) is 38.1 Å². The van der Waals surface area contributed by atoms with Gasteiger partial charge in [-0.1, -0.05) is 37.3 Å². The highest BCUT2D eigenvalue weighted by Gasteiger charge is 2.23. The Morgan fingerprint density at radius 2 is 1.67 bits per heavy atom. The largest absolute Gasteiger partial charge is 0.343 e. The fourth-order valence-corrected chi connectivity index (χ4v) is 4.66. The zero-order chi connectivity index (χ0) is 23.4. The van der Waals surface area contributed by atoms with Crippen molar-refractivity contribution in [1.29, 1.82) is 0 Å².